The average Bonchev–Trinajstić information content (AvgIpc) is 2.77. The van der Waals surface area contributed by atoms with Crippen molar-refractivity contribution < 1.29 is 0 Å². The van der Waals surface area contributed by atoms with Gasteiger partial charge in [0.2, 0.25) is 0 Å². The lowest BCUT2D eigenvalue weighted by molar-refractivity contribution is 1.04. The second-order valence-electron chi connectivity index (χ2n) is 3.24. The zero-order chi connectivity index (χ0) is 10.1. The highest BCUT2D eigenvalue weighted by atomic mass is 15.1. The van der Waals surface area contributed by atoms with Crippen molar-refractivity contribution in [3.8, 4) is 11.3 Å². The second-order valence-corrected chi connectivity index (χ2v) is 3.24. The molecule has 0 spiro atoms. The Morgan fingerprint density at radius 1 is 1.13 bits per heavy atom. The molecule has 0 amide bonds. The summed E-state index contributed by atoms with van der Waals surface area (Å²) in [4.78, 5) is 7.23. The van der Waals surface area contributed by atoms with Gasteiger partial charge in [-0.25, -0.2) is 4.98 Å². The number of hydrogen-bond acceptors (Lipinski definition) is 3. The largest absolute Gasteiger partial charge is 0.345 e. The third-order valence-electron chi connectivity index (χ3n) is 2.29. The smallest absolute Gasteiger partial charge is 0.0931 e. The van der Waals surface area contributed by atoms with Crippen LogP contribution in [0.4, 0.5) is 0 Å². The van der Waals surface area contributed by atoms with Crippen LogP contribution in [0, 0.1) is 0 Å². The molecule has 15 heavy (non-hydrogen) atoms. The van der Waals surface area contributed by atoms with Gasteiger partial charge < -0.3 is 4.98 Å². The van der Waals surface area contributed by atoms with Crippen LogP contribution in [0.1, 0.15) is 0 Å². The van der Waals surface area contributed by atoms with Gasteiger partial charge in [-0.15, -0.1) is 0 Å². The minimum atomic E-state index is 0.869. The van der Waals surface area contributed by atoms with Crippen molar-refractivity contribution in [3.63, 3.8) is 0 Å². The predicted octanol–water partition coefficient (Wildman–Crippen LogP) is 2.02. The standard InChI is InChI=1S/C11H8N4/c1-2-9(15-14-5-1)8-3-4-10-11(6-8)13-7-12-10/h1-7H,(H,12,13). The molecule has 72 valence electrons. The van der Waals surface area contributed by atoms with Gasteiger partial charge in [0, 0.05) is 11.8 Å². The summed E-state index contributed by atoms with van der Waals surface area (Å²) >= 11 is 0. The van der Waals surface area contributed by atoms with E-state index < -0.39 is 0 Å². The van der Waals surface area contributed by atoms with E-state index in [1.165, 1.54) is 0 Å². The lowest BCUT2D eigenvalue weighted by Crippen LogP contribution is -1.85. The summed E-state index contributed by atoms with van der Waals surface area (Å²) in [5, 5.41) is 7.91. The van der Waals surface area contributed by atoms with Gasteiger partial charge >= 0.3 is 0 Å². The molecule has 4 heteroatoms. The van der Waals surface area contributed by atoms with E-state index in [0.717, 1.165) is 22.3 Å². The van der Waals surface area contributed by atoms with Crippen LogP contribution in [0.2, 0.25) is 0 Å². The summed E-state index contributed by atoms with van der Waals surface area (Å²) in [6.07, 6.45) is 3.35. The van der Waals surface area contributed by atoms with Crippen LogP contribution in [0.15, 0.2) is 42.9 Å². The van der Waals surface area contributed by atoms with Gasteiger partial charge in [-0.05, 0) is 24.3 Å². The molecule has 0 aliphatic heterocycles. The fourth-order valence-corrected chi connectivity index (χ4v) is 1.55. The van der Waals surface area contributed by atoms with Gasteiger partial charge in [-0.1, -0.05) is 6.07 Å². The van der Waals surface area contributed by atoms with E-state index in [1.807, 2.05) is 30.3 Å². The molecule has 0 fully saturated rings. The number of aromatic amines is 1. The number of nitrogens with zero attached hydrogens (tertiary/aromatic N) is 3. The maximum atomic E-state index is 4.16. The first-order valence-corrected chi connectivity index (χ1v) is 4.65. The molecule has 2 heterocycles. The zero-order valence-electron chi connectivity index (χ0n) is 7.88. The summed E-state index contributed by atoms with van der Waals surface area (Å²) in [6.45, 7) is 0. The minimum absolute atomic E-state index is 0.869. The minimum Gasteiger partial charge on any atom is -0.345 e. The molecule has 0 aliphatic carbocycles. The fourth-order valence-electron chi connectivity index (χ4n) is 1.55. The van der Waals surface area contributed by atoms with Crippen LogP contribution >= 0.6 is 0 Å². The van der Waals surface area contributed by atoms with Crippen molar-refractivity contribution in [3.05, 3.63) is 42.9 Å². The fraction of sp³-hybridized carbons (Fsp3) is 0. The number of imidazole rings is 1. The molecule has 0 saturated heterocycles. The Morgan fingerprint density at radius 3 is 3.00 bits per heavy atom. The van der Waals surface area contributed by atoms with Gasteiger partial charge in [0.1, 0.15) is 0 Å². The number of nitrogens with one attached hydrogen (secondary N) is 1. The van der Waals surface area contributed by atoms with E-state index in [0.29, 0.717) is 0 Å². The zero-order valence-corrected chi connectivity index (χ0v) is 7.88. The van der Waals surface area contributed by atoms with Crippen molar-refractivity contribution in [1.82, 2.24) is 20.2 Å². The summed E-state index contributed by atoms with van der Waals surface area (Å²) in [7, 11) is 0. The predicted molar refractivity (Wildman–Crippen MR) is 57.1 cm³/mol. The molecule has 3 aromatic rings. The molecule has 0 aliphatic rings. The van der Waals surface area contributed by atoms with E-state index in [9.17, 15) is 0 Å². The molecule has 2 aromatic heterocycles. The highest BCUT2D eigenvalue weighted by molar-refractivity contribution is 5.80. The first-order valence-electron chi connectivity index (χ1n) is 4.65. The van der Waals surface area contributed by atoms with Crippen LogP contribution in [0.5, 0.6) is 0 Å². The molecule has 0 unspecified atom stereocenters. The first kappa shape index (κ1) is 8.11. The van der Waals surface area contributed by atoms with E-state index in [1.54, 1.807) is 12.5 Å². The number of benzene rings is 1. The van der Waals surface area contributed by atoms with E-state index >= 15 is 0 Å². The van der Waals surface area contributed by atoms with Gasteiger partial charge in [-0.2, -0.15) is 10.2 Å². The molecule has 4 nitrogen and oxygen atoms in total. The van der Waals surface area contributed by atoms with Crippen molar-refractivity contribution >= 4 is 11.0 Å². The third kappa shape index (κ3) is 1.36. The van der Waals surface area contributed by atoms with Crippen molar-refractivity contribution in [1.29, 1.82) is 0 Å². The monoisotopic (exact) mass is 196 g/mol. The van der Waals surface area contributed by atoms with Crippen LogP contribution in [-0.2, 0) is 0 Å². The summed E-state index contributed by atoms with van der Waals surface area (Å²) in [5.41, 5.74) is 3.88. The Morgan fingerprint density at radius 2 is 2.13 bits per heavy atom. The molecule has 0 radical (unpaired) electrons. The van der Waals surface area contributed by atoms with E-state index in [4.69, 9.17) is 0 Å². The van der Waals surface area contributed by atoms with E-state index in [2.05, 4.69) is 20.2 Å². The highest BCUT2D eigenvalue weighted by Gasteiger charge is 2.01. The molecule has 1 N–H and O–H groups in total. The summed E-state index contributed by atoms with van der Waals surface area (Å²) in [5.74, 6) is 0. The molecule has 1 aromatic carbocycles. The molecule has 0 atom stereocenters. The Balaban J connectivity index is 2.19. The Hall–Kier alpha value is -2.23. The van der Waals surface area contributed by atoms with Crippen LogP contribution in [0.25, 0.3) is 22.3 Å². The van der Waals surface area contributed by atoms with Crippen LogP contribution in [-0.4, -0.2) is 20.2 Å². The lowest BCUT2D eigenvalue weighted by atomic mass is 10.1. The quantitative estimate of drug-likeness (QED) is 0.647. The normalized spacial score (nSPS) is 10.7. The van der Waals surface area contributed by atoms with Crippen LogP contribution in [0.3, 0.4) is 0 Å². The SMILES string of the molecule is c1cnnc(-c2ccc3nc[nH]c3c2)c1. The molecular formula is C11H8N4. The second kappa shape index (κ2) is 3.16. The topological polar surface area (TPSA) is 54.5 Å². The maximum Gasteiger partial charge on any atom is 0.0931 e. The Labute approximate surface area is 86.0 Å². The summed E-state index contributed by atoms with van der Waals surface area (Å²) < 4.78 is 0. The Kier molecular flexibility index (Phi) is 1.71. The maximum absolute atomic E-state index is 4.16. The van der Waals surface area contributed by atoms with E-state index in [-0.39, 0.29) is 0 Å². The number of aromatic nitrogens is 4. The molecular weight excluding hydrogens is 188 g/mol. The average molecular weight is 196 g/mol. The van der Waals surface area contributed by atoms with Gasteiger partial charge in [-0.3, -0.25) is 0 Å². The first-order chi connectivity index (χ1) is 7.43. The molecule has 3 rings (SSSR count). The van der Waals surface area contributed by atoms with Crippen LogP contribution < -0.4 is 0 Å². The number of rotatable bonds is 1. The van der Waals surface area contributed by atoms with Gasteiger partial charge in [0.15, 0.2) is 0 Å². The van der Waals surface area contributed by atoms with Crippen molar-refractivity contribution in [2.45, 2.75) is 0 Å². The van der Waals surface area contributed by atoms with Gasteiger partial charge in [0.25, 0.3) is 0 Å². The summed E-state index contributed by atoms with van der Waals surface area (Å²) in [6, 6.07) is 9.79. The molecule has 0 saturated carbocycles. The number of fused-ring (bicyclic) bond motifs is 1. The van der Waals surface area contributed by atoms with Gasteiger partial charge in [0.05, 0.1) is 23.1 Å². The van der Waals surface area contributed by atoms with Crippen molar-refractivity contribution in [2.75, 3.05) is 0 Å². The van der Waals surface area contributed by atoms with Crippen molar-refractivity contribution in [2.24, 2.45) is 0 Å². The number of hydrogen-bond donors (Lipinski definition) is 1. The highest BCUT2D eigenvalue weighted by Crippen LogP contribution is 2.19. The lowest BCUT2D eigenvalue weighted by Gasteiger charge is -1.98. The number of H-pyrrole nitrogens is 1. The third-order valence-corrected chi connectivity index (χ3v) is 2.29. The Bertz CT molecular complexity index is 586. The molecule has 0 bridgehead atoms.